The van der Waals surface area contributed by atoms with Gasteiger partial charge in [0.25, 0.3) is 5.69 Å². The largest absolute Gasteiger partial charge is 0.333 e. The quantitative estimate of drug-likeness (QED) is 0.578. The maximum atomic E-state index is 10.8. The Kier molecular flexibility index (Phi) is 4.08. The molecule has 0 spiro atoms. The SMILES string of the molecule is N#Cc1cc([N+](=O)[O-])ccc1Sc1ncc(-c2ccccc2)[nH]1. The number of non-ortho nitro benzene ring substituents is 1. The van der Waals surface area contributed by atoms with Gasteiger partial charge in [-0.05, 0) is 11.6 Å². The summed E-state index contributed by atoms with van der Waals surface area (Å²) < 4.78 is 0. The average Bonchev–Trinajstić information content (AvgIpc) is 3.04. The summed E-state index contributed by atoms with van der Waals surface area (Å²) in [6, 6.07) is 15.9. The molecular formula is C16H10N4O2S. The monoisotopic (exact) mass is 322 g/mol. The fourth-order valence-corrected chi connectivity index (χ4v) is 2.86. The van der Waals surface area contributed by atoms with Gasteiger partial charge < -0.3 is 4.98 Å². The molecule has 0 amide bonds. The zero-order valence-corrected chi connectivity index (χ0v) is 12.6. The van der Waals surface area contributed by atoms with E-state index in [4.69, 9.17) is 5.26 Å². The van der Waals surface area contributed by atoms with E-state index in [0.717, 1.165) is 11.3 Å². The summed E-state index contributed by atoms with van der Waals surface area (Å²) in [5, 5.41) is 20.6. The Morgan fingerprint density at radius 1 is 1.22 bits per heavy atom. The number of hydrogen-bond donors (Lipinski definition) is 1. The standard InChI is InChI=1S/C16H10N4O2S/c17-9-12-8-13(20(21)22)6-7-15(12)23-16-18-10-14(19-16)11-4-2-1-3-5-11/h1-8,10H,(H,18,19). The molecule has 0 unspecified atom stereocenters. The highest BCUT2D eigenvalue weighted by Crippen LogP contribution is 2.31. The minimum Gasteiger partial charge on any atom is -0.333 e. The van der Waals surface area contributed by atoms with Gasteiger partial charge in [-0.2, -0.15) is 5.26 Å². The van der Waals surface area contributed by atoms with E-state index in [9.17, 15) is 10.1 Å². The number of rotatable bonds is 4. The normalized spacial score (nSPS) is 10.2. The van der Waals surface area contributed by atoms with Crippen LogP contribution < -0.4 is 0 Å². The van der Waals surface area contributed by atoms with Crippen molar-refractivity contribution in [2.45, 2.75) is 10.1 Å². The van der Waals surface area contributed by atoms with Crippen molar-refractivity contribution >= 4 is 17.4 Å². The van der Waals surface area contributed by atoms with Gasteiger partial charge in [-0.1, -0.05) is 42.1 Å². The number of nitrogens with zero attached hydrogens (tertiary/aromatic N) is 3. The molecule has 6 nitrogen and oxygen atoms in total. The second-order valence-electron chi connectivity index (χ2n) is 4.62. The minimum absolute atomic E-state index is 0.102. The van der Waals surface area contributed by atoms with Crippen LogP contribution in [0.2, 0.25) is 0 Å². The molecule has 3 rings (SSSR count). The highest BCUT2D eigenvalue weighted by atomic mass is 32.2. The van der Waals surface area contributed by atoms with Crippen molar-refractivity contribution in [3.8, 4) is 17.3 Å². The van der Waals surface area contributed by atoms with Gasteiger partial charge >= 0.3 is 0 Å². The first-order valence-electron chi connectivity index (χ1n) is 6.64. The Morgan fingerprint density at radius 2 is 2.00 bits per heavy atom. The Hall–Kier alpha value is -3.11. The van der Waals surface area contributed by atoms with Crippen LogP contribution in [0.4, 0.5) is 5.69 Å². The van der Waals surface area contributed by atoms with Crippen LogP contribution in [0.25, 0.3) is 11.3 Å². The molecule has 1 N–H and O–H groups in total. The van der Waals surface area contributed by atoms with Gasteiger partial charge in [0, 0.05) is 17.0 Å². The van der Waals surface area contributed by atoms with E-state index >= 15 is 0 Å². The highest BCUT2D eigenvalue weighted by molar-refractivity contribution is 7.99. The van der Waals surface area contributed by atoms with E-state index in [0.29, 0.717) is 10.1 Å². The molecule has 0 saturated carbocycles. The van der Waals surface area contributed by atoms with Crippen molar-refractivity contribution in [2.75, 3.05) is 0 Å². The summed E-state index contributed by atoms with van der Waals surface area (Å²) in [5.41, 5.74) is 2.03. The van der Waals surface area contributed by atoms with Gasteiger partial charge in [0.2, 0.25) is 0 Å². The molecule has 7 heteroatoms. The van der Waals surface area contributed by atoms with Crippen LogP contribution in [0.5, 0.6) is 0 Å². The third kappa shape index (κ3) is 3.22. The van der Waals surface area contributed by atoms with Gasteiger partial charge in [0.15, 0.2) is 5.16 Å². The van der Waals surface area contributed by atoms with E-state index in [2.05, 4.69) is 9.97 Å². The molecule has 1 heterocycles. The van der Waals surface area contributed by atoms with Gasteiger partial charge in [0.05, 0.1) is 22.4 Å². The number of aromatic amines is 1. The van der Waals surface area contributed by atoms with E-state index in [-0.39, 0.29) is 11.3 Å². The molecule has 3 aromatic rings. The van der Waals surface area contributed by atoms with Crippen molar-refractivity contribution in [3.05, 3.63) is 70.4 Å². The lowest BCUT2D eigenvalue weighted by Crippen LogP contribution is -1.90. The molecule has 2 aromatic carbocycles. The number of aromatic nitrogens is 2. The van der Waals surface area contributed by atoms with Crippen molar-refractivity contribution in [1.82, 2.24) is 9.97 Å². The minimum atomic E-state index is -0.518. The maximum Gasteiger partial charge on any atom is 0.270 e. The molecule has 0 fully saturated rings. The molecule has 1 aromatic heterocycles. The first-order chi connectivity index (χ1) is 11.2. The average molecular weight is 322 g/mol. The number of nitrogens with one attached hydrogen (secondary N) is 1. The number of H-pyrrole nitrogens is 1. The summed E-state index contributed by atoms with van der Waals surface area (Å²) in [6.07, 6.45) is 1.72. The Morgan fingerprint density at radius 3 is 2.70 bits per heavy atom. The topological polar surface area (TPSA) is 95.6 Å². The second-order valence-corrected chi connectivity index (χ2v) is 5.65. The lowest BCUT2D eigenvalue weighted by Gasteiger charge is -2.01. The highest BCUT2D eigenvalue weighted by Gasteiger charge is 2.13. The summed E-state index contributed by atoms with van der Waals surface area (Å²) >= 11 is 1.26. The molecule has 23 heavy (non-hydrogen) atoms. The Labute approximate surface area is 136 Å². The van der Waals surface area contributed by atoms with Crippen LogP contribution in [0.3, 0.4) is 0 Å². The molecule has 0 radical (unpaired) electrons. The third-order valence-corrected chi connectivity index (χ3v) is 4.12. The van der Waals surface area contributed by atoms with Crippen molar-refractivity contribution < 1.29 is 4.92 Å². The zero-order chi connectivity index (χ0) is 16.2. The van der Waals surface area contributed by atoms with E-state index in [1.807, 2.05) is 36.4 Å². The lowest BCUT2D eigenvalue weighted by molar-refractivity contribution is -0.384. The molecule has 0 aliphatic rings. The first-order valence-corrected chi connectivity index (χ1v) is 7.46. The number of nitriles is 1. The van der Waals surface area contributed by atoms with Gasteiger partial charge in [-0.3, -0.25) is 10.1 Å². The summed E-state index contributed by atoms with van der Waals surface area (Å²) in [7, 11) is 0. The number of nitro groups is 1. The number of imidazole rings is 1. The van der Waals surface area contributed by atoms with Gasteiger partial charge in [-0.15, -0.1) is 0 Å². The fraction of sp³-hybridized carbons (Fsp3) is 0. The fourth-order valence-electron chi connectivity index (χ4n) is 2.03. The van der Waals surface area contributed by atoms with Crippen LogP contribution in [0.15, 0.2) is 64.8 Å². The van der Waals surface area contributed by atoms with Crippen LogP contribution in [0.1, 0.15) is 5.56 Å². The predicted octanol–water partition coefficient (Wildman–Crippen LogP) is 4.01. The number of nitro benzene ring substituents is 1. The van der Waals surface area contributed by atoms with Crippen molar-refractivity contribution in [1.29, 1.82) is 5.26 Å². The van der Waals surface area contributed by atoms with Crippen LogP contribution in [-0.2, 0) is 0 Å². The smallest absolute Gasteiger partial charge is 0.270 e. The zero-order valence-electron chi connectivity index (χ0n) is 11.8. The van der Waals surface area contributed by atoms with Crippen molar-refractivity contribution in [3.63, 3.8) is 0 Å². The predicted molar refractivity (Wildman–Crippen MR) is 86.0 cm³/mol. The van der Waals surface area contributed by atoms with Crippen LogP contribution in [-0.4, -0.2) is 14.9 Å². The second kappa shape index (κ2) is 6.34. The number of benzene rings is 2. The number of hydrogen-bond acceptors (Lipinski definition) is 5. The van der Waals surface area contributed by atoms with E-state index < -0.39 is 4.92 Å². The molecule has 0 aliphatic carbocycles. The third-order valence-electron chi connectivity index (χ3n) is 3.14. The molecule has 112 valence electrons. The first kappa shape index (κ1) is 14.8. The van der Waals surface area contributed by atoms with E-state index in [1.54, 1.807) is 12.3 Å². The molecule has 0 atom stereocenters. The molecular weight excluding hydrogens is 312 g/mol. The summed E-state index contributed by atoms with van der Waals surface area (Å²) in [4.78, 5) is 18.3. The molecule has 0 bridgehead atoms. The van der Waals surface area contributed by atoms with Gasteiger partial charge in [0.1, 0.15) is 6.07 Å². The van der Waals surface area contributed by atoms with Crippen molar-refractivity contribution in [2.24, 2.45) is 0 Å². The summed E-state index contributed by atoms with van der Waals surface area (Å²) in [5.74, 6) is 0. The Bertz CT molecular complexity index is 900. The molecule has 0 saturated heterocycles. The van der Waals surface area contributed by atoms with Crippen LogP contribution in [0, 0.1) is 21.4 Å². The Balaban J connectivity index is 1.87. The van der Waals surface area contributed by atoms with E-state index in [1.165, 1.54) is 23.9 Å². The summed E-state index contributed by atoms with van der Waals surface area (Å²) in [6.45, 7) is 0. The maximum absolute atomic E-state index is 10.8. The molecule has 0 aliphatic heterocycles. The lowest BCUT2D eigenvalue weighted by atomic mass is 10.2. The van der Waals surface area contributed by atoms with Crippen LogP contribution >= 0.6 is 11.8 Å². The van der Waals surface area contributed by atoms with Gasteiger partial charge in [-0.25, -0.2) is 4.98 Å².